The number of ether oxygens (including phenoxy) is 1. The van der Waals surface area contributed by atoms with Gasteiger partial charge in [0.15, 0.2) is 6.10 Å². The topological polar surface area (TPSA) is 58.6 Å². The largest absolute Gasteiger partial charge is 0.481 e. The molecule has 0 bridgehead atoms. The predicted octanol–water partition coefficient (Wildman–Crippen LogP) is 1.99. The van der Waals surface area contributed by atoms with Crippen LogP contribution in [0.25, 0.3) is 0 Å². The van der Waals surface area contributed by atoms with E-state index >= 15 is 0 Å². The number of benzene rings is 1. The first-order chi connectivity index (χ1) is 9.06. The molecule has 1 aromatic rings. The van der Waals surface area contributed by atoms with Crippen LogP contribution in [-0.2, 0) is 4.79 Å². The number of hydrogen-bond acceptors (Lipinski definition) is 3. The van der Waals surface area contributed by atoms with Crippen molar-refractivity contribution in [2.75, 3.05) is 6.54 Å². The molecule has 1 fully saturated rings. The van der Waals surface area contributed by atoms with E-state index < -0.39 is 12.2 Å². The summed E-state index contributed by atoms with van der Waals surface area (Å²) >= 11 is 5.77. The maximum absolute atomic E-state index is 11.8. The Morgan fingerprint density at radius 2 is 2.11 bits per heavy atom. The van der Waals surface area contributed by atoms with Crippen molar-refractivity contribution >= 4 is 17.5 Å². The molecule has 19 heavy (non-hydrogen) atoms. The fraction of sp³-hybridized carbons (Fsp3) is 0.500. The zero-order valence-electron chi connectivity index (χ0n) is 10.8. The molecule has 1 aromatic carbocycles. The third kappa shape index (κ3) is 4.40. The van der Waals surface area contributed by atoms with E-state index in [0.717, 1.165) is 12.8 Å². The third-order valence-corrected chi connectivity index (χ3v) is 3.40. The van der Waals surface area contributed by atoms with Gasteiger partial charge >= 0.3 is 0 Å². The van der Waals surface area contributed by atoms with Crippen molar-refractivity contribution in [1.82, 2.24) is 5.32 Å². The molecule has 0 aliphatic heterocycles. The summed E-state index contributed by atoms with van der Waals surface area (Å²) in [6.07, 6.45) is 1.06. The molecule has 1 aliphatic rings. The monoisotopic (exact) mass is 283 g/mol. The van der Waals surface area contributed by atoms with E-state index in [1.165, 1.54) is 0 Å². The Morgan fingerprint density at radius 3 is 2.68 bits per heavy atom. The van der Waals surface area contributed by atoms with Crippen LogP contribution in [0.2, 0.25) is 5.02 Å². The lowest BCUT2D eigenvalue weighted by molar-refractivity contribution is -0.127. The van der Waals surface area contributed by atoms with Crippen molar-refractivity contribution in [3.63, 3.8) is 0 Å². The lowest BCUT2D eigenvalue weighted by atomic mass is 10.2. The number of aliphatic hydroxyl groups is 1. The van der Waals surface area contributed by atoms with Crippen molar-refractivity contribution in [1.29, 1.82) is 0 Å². The quantitative estimate of drug-likeness (QED) is 0.839. The summed E-state index contributed by atoms with van der Waals surface area (Å²) in [4.78, 5) is 11.8. The molecule has 5 heteroatoms. The van der Waals surface area contributed by atoms with E-state index in [2.05, 4.69) is 5.32 Å². The second-order valence-electron chi connectivity index (χ2n) is 4.86. The first kappa shape index (κ1) is 14.2. The van der Waals surface area contributed by atoms with Gasteiger partial charge < -0.3 is 15.2 Å². The van der Waals surface area contributed by atoms with Crippen molar-refractivity contribution in [2.24, 2.45) is 5.92 Å². The molecule has 1 saturated carbocycles. The molecule has 0 saturated heterocycles. The van der Waals surface area contributed by atoms with Crippen LogP contribution >= 0.6 is 11.6 Å². The summed E-state index contributed by atoms with van der Waals surface area (Å²) in [7, 11) is 0. The molecular weight excluding hydrogens is 266 g/mol. The SMILES string of the molecule is CC(Oc1ccc(Cl)cc1)C(=O)NCC(O)C1CC1. The van der Waals surface area contributed by atoms with E-state index in [9.17, 15) is 9.90 Å². The van der Waals surface area contributed by atoms with Gasteiger partial charge in [-0.15, -0.1) is 0 Å². The van der Waals surface area contributed by atoms with Gasteiger partial charge in [-0.1, -0.05) is 11.6 Å². The maximum atomic E-state index is 11.8. The number of nitrogens with one attached hydrogen (secondary N) is 1. The number of amides is 1. The molecule has 104 valence electrons. The Kier molecular flexibility index (Phi) is 4.66. The van der Waals surface area contributed by atoms with Gasteiger partial charge in [-0.2, -0.15) is 0 Å². The first-order valence-electron chi connectivity index (χ1n) is 6.44. The molecule has 2 unspecified atom stereocenters. The summed E-state index contributed by atoms with van der Waals surface area (Å²) in [6.45, 7) is 1.96. The fourth-order valence-electron chi connectivity index (χ4n) is 1.77. The Morgan fingerprint density at radius 1 is 1.47 bits per heavy atom. The second-order valence-corrected chi connectivity index (χ2v) is 5.30. The molecule has 0 aromatic heterocycles. The van der Waals surface area contributed by atoms with Crippen LogP contribution in [0.5, 0.6) is 5.75 Å². The van der Waals surface area contributed by atoms with Crippen LogP contribution in [0, 0.1) is 5.92 Å². The van der Waals surface area contributed by atoms with Gasteiger partial charge in [0.05, 0.1) is 6.10 Å². The minimum Gasteiger partial charge on any atom is -0.481 e. The van der Waals surface area contributed by atoms with E-state index in [-0.39, 0.29) is 12.5 Å². The molecular formula is C14H18ClNO3. The maximum Gasteiger partial charge on any atom is 0.260 e. The molecule has 1 amide bonds. The highest BCUT2D eigenvalue weighted by atomic mass is 35.5. The van der Waals surface area contributed by atoms with Crippen molar-refractivity contribution in [3.05, 3.63) is 29.3 Å². The smallest absolute Gasteiger partial charge is 0.260 e. The number of carbonyl (C=O) groups is 1. The van der Waals surface area contributed by atoms with Crippen LogP contribution in [0.15, 0.2) is 24.3 Å². The first-order valence-corrected chi connectivity index (χ1v) is 6.82. The number of aliphatic hydroxyl groups excluding tert-OH is 1. The second kappa shape index (κ2) is 6.26. The van der Waals surface area contributed by atoms with Gasteiger partial charge in [-0.25, -0.2) is 0 Å². The van der Waals surface area contributed by atoms with Crippen molar-refractivity contribution < 1.29 is 14.6 Å². The minimum atomic E-state index is -0.604. The highest BCUT2D eigenvalue weighted by Gasteiger charge is 2.30. The summed E-state index contributed by atoms with van der Waals surface area (Å²) in [6, 6.07) is 6.84. The average Bonchev–Trinajstić information content (AvgIpc) is 3.22. The zero-order chi connectivity index (χ0) is 13.8. The standard InChI is InChI=1S/C14H18ClNO3/c1-9(19-12-6-4-11(15)5-7-12)14(18)16-8-13(17)10-2-3-10/h4-7,9-10,13,17H,2-3,8H2,1H3,(H,16,18). The zero-order valence-corrected chi connectivity index (χ0v) is 11.6. The molecule has 4 nitrogen and oxygen atoms in total. The number of rotatable bonds is 6. The third-order valence-electron chi connectivity index (χ3n) is 3.15. The van der Waals surface area contributed by atoms with Crippen LogP contribution < -0.4 is 10.1 Å². The molecule has 2 rings (SSSR count). The average molecular weight is 284 g/mol. The van der Waals surface area contributed by atoms with Crippen molar-refractivity contribution in [3.8, 4) is 5.75 Å². The summed E-state index contributed by atoms with van der Waals surface area (Å²) < 4.78 is 5.49. The van der Waals surface area contributed by atoms with Crippen LogP contribution in [-0.4, -0.2) is 29.8 Å². The van der Waals surface area contributed by atoms with Gasteiger partial charge in [-0.3, -0.25) is 4.79 Å². The summed E-state index contributed by atoms with van der Waals surface area (Å²) in [5, 5.41) is 13.0. The van der Waals surface area contributed by atoms with E-state index in [0.29, 0.717) is 16.7 Å². The van der Waals surface area contributed by atoms with Gasteiger partial charge in [0, 0.05) is 11.6 Å². The number of carbonyl (C=O) groups excluding carboxylic acids is 1. The summed E-state index contributed by atoms with van der Waals surface area (Å²) in [5.41, 5.74) is 0. The Bertz CT molecular complexity index is 431. The molecule has 2 N–H and O–H groups in total. The van der Waals surface area contributed by atoms with E-state index in [1.807, 2.05) is 0 Å². The molecule has 0 spiro atoms. The van der Waals surface area contributed by atoms with Gasteiger partial charge in [0.1, 0.15) is 5.75 Å². The van der Waals surface area contributed by atoms with Crippen LogP contribution in [0.4, 0.5) is 0 Å². The van der Waals surface area contributed by atoms with Crippen LogP contribution in [0.3, 0.4) is 0 Å². The highest BCUT2D eigenvalue weighted by Crippen LogP contribution is 2.32. The Hall–Kier alpha value is -1.26. The molecule has 0 heterocycles. The summed E-state index contributed by atoms with van der Waals surface area (Å²) in [5.74, 6) is 0.720. The Balaban J connectivity index is 1.76. The van der Waals surface area contributed by atoms with Gasteiger partial charge in [0.25, 0.3) is 5.91 Å². The van der Waals surface area contributed by atoms with Crippen LogP contribution in [0.1, 0.15) is 19.8 Å². The van der Waals surface area contributed by atoms with E-state index in [4.69, 9.17) is 16.3 Å². The lowest BCUT2D eigenvalue weighted by Crippen LogP contribution is -2.40. The Labute approximate surface area is 117 Å². The van der Waals surface area contributed by atoms with E-state index in [1.54, 1.807) is 31.2 Å². The molecule has 0 radical (unpaired) electrons. The minimum absolute atomic E-state index is 0.227. The molecule has 2 atom stereocenters. The van der Waals surface area contributed by atoms with Gasteiger partial charge in [-0.05, 0) is 49.9 Å². The normalized spacial score (nSPS) is 17.6. The number of halogens is 1. The molecule has 1 aliphatic carbocycles. The van der Waals surface area contributed by atoms with Gasteiger partial charge in [0.2, 0.25) is 0 Å². The lowest BCUT2D eigenvalue weighted by Gasteiger charge is -2.16. The van der Waals surface area contributed by atoms with Crippen molar-refractivity contribution in [2.45, 2.75) is 32.0 Å². The fourth-order valence-corrected chi connectivity index (χ4v) is 1.89. The number of hydrogen-bond donors (Lipinski definition) is 2. The highest BCUT2D eigenvalue weighted by molar-refractivity contribution is 6.30. The predicted molar refractivity (Wildman–Crippen MR) is 73.3 cm³/mol.